The molecule has 2 aromatic heterocycles. The molecule has 0 fully saturated rings. The van der Waals surface area contributed by atoms with Crippen LogP contribution in [0.3, 0.4) is 0 Å². The fourth-order valence-electron chi connectivity index (χ4n) is 8.58. The van der Waals surface area contributed by atoms with Gasteiger partial charge in [0.1, 0.15) is 160 Å². The van der Waals surface area contributed by atoms with Crippen LogP contribution in [0.2, 0.25) is 0 Å². The van der Waals surface area contributed by atoms with Crippen LogP contribution < -0.4 is 104 Å². The molecule has 5 nitrogen and oxygen atoms in total. The minimum Gasteiger partial charge on any atom is -0.457 e. The topological polar surface area (TPSA) is 75.6 Å². The molecule has 0 aliphatic carbocycles. The summed E-state index contributed by atoms with van der Waals surface area (Å²) in [6.45, 7) is 0. The molecule has 7 aromatic carbocycles. The summed E-state index contributed by atoms with van der Waals surface area (Å²) in [5, 5.41) is 11.1. The Morgan fingerprint density at radius 3 is 1.18 bits per heavy atom. The van der Waals surface area contributed by atoms with Crippen molar-refractivity contribution in [2.45, 2.75) is 0 Å². The maximum absolute atomic E-state index is 10.6. The first-order valence-corrected chi connectivity index (χ1v) is 19.4. The number of rotatable bonds is 4. The summed E-state index contributed by atoms with van der Waals surface area (Å²) in [5.74, 6) is -0.190. The highest BCUT2D eigenvalue weighted by atomic mass is 16.3. The molecule has 2 heterocycles. The zero-order valence-corrected chi connectivity index (χ0v) is 34.6. The van der Waals surface area contributed by atoms with Gasteiger partial charge >= 0.3 is 0 Å². The van der Waals surface area contributed by atoms with Crippen LogP contribution in [0.15, 0.2) is 34.7 Å². The van der Waals surface area contributed by atoms with Gasteiger partial charge in [-0.15, -0.1) is 38.2 Å². The first kappa shape index (κ1) is 45.7. The molecule has 9 rings (SSSR count). The van der Waals surface area contributed by atoms with E-state index in [0.717, 1.165) is 0 Å². The Morgan fingerprint density at radius 2 is 0.667 bits per heavy atom. The van der Waals surface area contributed by atoms with Crippen molar-refractivity contribution in [1.82, 2.24) is 15.0 Å². The van der Waals surface area contributed by atoms with Crippen molar-refractivity contribution in [3.8, 4) is 51.4 Å². The monoisotopic (exact) mass is 790 g/mol. The Hall–Kier alpha value is -5.41. The van der Waals surface area contributed by atoms with Crippen molar-refractivity contribution >= 4 is 296 Å². The van der Waals surface area contributed by atoms with Crippen molar-refractivity contribution in [3.05, 3.63) is 35.9 Å². The highest BCUT2D eigenvalue weighted by molar-refractivity contribution is 6.73. The quantitative estimate of drug-likeness (QED) is 0.166. The van der Waals surface area contributed by atoms with Gasteiger partial charge in [0.05, 0.1) is 11.6 Å². The number of hydrogen-bond donors (Lipinski definition) is 0. The molecule has 0 bridgehead atoms. The van der Waals surface area contributed by atoms with Gasteiger partial charge in [-0.05, 0) is 27.3 Å². The largest absolute Gasteiger partial charge is 0.457 e. The number of benzene rings is 7. The lowest BCUT2D eigenvalue weighted by molar-refractivity contribution is 0.675. The summed E-state index contributed by atoms with van der Waals surface area (Å²) in [5.41, 5.74) is -1.72. The summed E-state index contributed by atoms with van der Waals surface area (Å²) in [4.78, 5) is 14.8. The van der Waals surface area contributed by atoms with Crippen LogP contribution in [-0.2, 0) is 0 Å². The van der Waals surface area contributed by atoms with E-state index in [2.05, 4.69) is 6.07 Å². The molecule has 9 aromatic rings. The maximum atomic E-state index is 10.6. The molecule has 24 heteroatoms. The minimum absolute atomic E-state index is 0.00592. The molecule has 66 heavy (non-hydrogen) atoms. The van der Waals surface area contributed by atoms with Gasteiger partial charge in [0, 0.05) is 32.8 Å². The SMILES string of the molecule is [B]c1c([B])c([B])c2c(oc3c([B])c([B])c([B])c(-c4nc(-c5ccccc5)nc(-c5c([B])c([B])c([B])c6c(-c7c([B])c([B])c([B])c8c([B])c([B])c([B])c(C#N)c78)c([B])c([B])c([B])c56)n4)c32)c1[B]. The number of furan rings is 1. The van der Waals surface area contributed by atoms with Crippen molar-refractivity contribution in [1.29, 1.82) is 5.26 Å². The molecular weight excluding hydrogens is 782 g/mol. The predicted molar refractivity (Wildman–Crippen MR) is 291 cm³/mol. The van der Waals surface area contributed by atoms with E-state index in [1.165, 1.54) is 0 Å². The van der Waals surface area contributed by atoms with E-state index in [-0.39, 0.29) is 193 Å². The second kappa shape index (κ2) is 16.1. The van der Waals surface area contributed by atoms with Crippen LogP contribution in [0.5, 0.6) is 0 Å². The molecule has 0 unspecified atom stereocenters. The molecule has 38 radical (unpaired) electrons. The van der Waals surface area contributed by atoms with Gasteiger partial charge in [-0.1, -0.05) is 95.9 Å². The normalized spacial score (nSPS) is 11.6. The van der Waals surface area contributed by atoms with Crippen LogP contribution in [0, 0.1) is 11.3 Å². The molecule has 0 saturated carbocycles. The average molecular weight is 787 g/mol. The lowest BCUT2D eigenvalue weighted by atomic mass is 9.57. The van der Waals surface area contributed by atoms with Crippen molar-refractivity contribution in [3.63, 3.8) is 0 Å². The van der Waals surface area contributed by atoms with E-state index in [4.69, 9.17) is 168 Å². The number of nitriles is 1. The van der Waals surface area contributed by atoms with Crippen molar-refractivity contribution in [2.75, 3.05) is 0 Å². The first-order chi connectivity index (χ1) is 31.2. The highest BCUT2D eigenvalue weighted by Gasteiger charge is 2.29. The smallest absolute Gasteiger partial charge is 0.164 e. The number of aromatic nitrogens is 3. The Morgan fingerprint density at radius 1 is 0.318 bits per heavy atom. The molecule has 0 saturated heterocycles. The molecule has 256 valence electrons. The summed E-state index contributed by atoms with van der Waals surface area (Å²) < 4.78 is 6.22. The lowest BCUT2D eigenvalue weighted by Gasteiger charge is -2.30. The van der Waals surface area contributed by atoms with Crippen LogP contribution >= 0.6 is 0 Å². The Kier molecular flexibility index (Phi) is 11.2. The first-order valence-electron chi connectivity index (χ1n) is 19.4. The molecule has 0 aliphatic heterocycles. The maximum Gasteiger partial charge on any atom is 0.164 e. The second-order valence-corrected chi connectivity index (χ2v) is 15.5. The van der Waals surface area contributed by atoms with Gasteiger partial charge in [-0.2, -0.15) is 5.26 Å². The van der Waals surface area contributed by atoms with E-state index >= 15 is 0 Å². The molecule has 0 atom stereocenters. The third-order valence-corrected chi connectivity index (χ3v) is 12.1. The third-order valence-electron chi connectivity index (χ3n) is 12.1. The highest BCUT2D eigenvalue weighted by Crippen LogP contribution is 2.35. The van der Waals surface area contributed by atoms with Crippen molar-refractivity contribution < 1.29 is 4.42 Å². The Bertz CT molecular complexity index is 3770. The van der Waals surface area contributed by atoms with E-state index in [0.29, 0.717) is 5.56 Å². The molecule has 0 spiro atoms. The van der Waals surface area contributed by atoms with Gasteiger partial charge in [-0.3, -0.25) is 0 Å². The van der Waals surface area contributed by atoms with E-state index in [9.17, 15) is 5.26 Å². The van der Waals surface area contributed by atoms with Crippen LogP contribution in [0.4, 0.5) is 0 Å². The van der Waals surface area contributed by atoms with Crippen LogP contribution in [0.25, 0.3) is 88.8 Å². The number of hydrogen-bond acceptors (Lipinski definition) is 5. The van der Waals surface area contributed by atoms with Crippen LogP contribution in [-0.4, -0.2) is 164 Å². The summed E-state index contributed by atoms with van der Waals surface area (Å²) in [6, 6.07) is 10.9. The third kappa shape index (κ3) is 6.23. The summed E-state index contributed by atoms with van der Waals surface area (Å²) in [6.07, 6.45) is 0. The van der Waals surface area contributed by atoms with Gasteiger partial charge in [0.25, 0.3) is 0 Å². The van der Waals surface area contributed by atoms with Gasteiger partial charge in [0.15, 0.2) is 17.5 Å². The number of nitrogens with zero attached hydrogens (tertiary/aromatic N) is 4. The van der Waals surface area contributed by atoms with E-state index < -0.39 is 0 Å². The zero-order chi connectivity index (χ0) is 47.9. The molecule has 0 N–H and O–H groups in total. The lowest BCUT2D eigenvalue weighted by Crippen LogP contribution is -2.50. The minimum atomic E-state index is -0.190. The number of fused-ring (bicyclic) bond motifs is 5. The summed E-state index contributed by atoms with van der Waals surface area (Å²) in [7, 11) is 126. The van der Waals surface area contributed by atoms with Gasteiger partial charge in [0.2, 0.25) is 0 Å². The van der Waals surface area contributed by atoms with Crippen molar-refractivity contribution in [2.24, 2.45) is 0 Å². The zero-order valence-electron chi connectivity index (χ0n) is 34.6. The van der Waals surface area contributed by atoms with E-state index in [1.54, 1.807) is 30.3 Å². The second-order valence-electron chi connectivity index (χ2n) is 15.5. The molecule has 0 amide bonds. The molecule has 0 aliphatic rings. The fraction of sp³-hybridized carbons (Fsp3) is 0. The average Bonchev–Trinajstić information content (AvgIpc) is 3.71. The standard InChI is InChI=1S/C42H5B19N4O/c43-19-8(6-62)9-10(20(44)31(55)25(49)15(9)24(48)29(19)53)11-12-13(23(47)30(54)21(11)45)17(27(51)32(56)22(12)46)41-63-40(7-4-2-1-3-5-7)64-42(65-41)18-14-16-26(50)33(57)35(59)37(61)39(16)66-38(14)36(60)34(58)28(18)52/h1-5H. The molecular formula is C42H5B19N4O. The van der Waals surface area contributed by atoms with Gasteiger partial charge < -0.3 is 4.42 Å². The Balaban J connectivity index is 1.51. The fourth-order valence-corrected chi connectivity index (χ4v) is 8.58. The van der Waals surface area contributed by atoms with E-state index in [1.807, 2.05) is 0 Å². The van der Waals surface area contributed by atoms with Gasteiger partial charge in [-0.25, -0.2) is 15.0 Å². The Labute approximate surface area is 405 Å². The van der Waals surface area contributed by atoms with Crippen LogP contribution in [0.1, 0.15) is 5.56 Å². The predicted octanol–water partition coefficient (Wildman–Crippen LogP) is -12.3. The summed E-state index contributed by atoms with van der Waals surface area (Å²) >= 11 is 0.